The van der Waals surface area contributed by atoms with Crippen molar-refractivity contribution in [1.29, 1.82) is 0 Å². The van der Waals surface area contributed by atoms with E-state index in [4.69, 9.17) is 10.2 Å². The summed E-state index contributed by atoms with van der Waals surface area (Å²) in [7, 11) is 0. The Balaban J connectivity index is 1.94. The molecule has 3 N–H and O–H groups in total. The third kappa shape index (κ3) is 2.63. The molecule has 0 amide bonds. The van der Waals surface area contributed by atoms with Gasteiger partial charge < -0.3 is 15.3 Å². The molecule has 0 saturated heterocycles. The van der Waals surface area contributed by atoms with Gasteiger partial charge in [-0.3, -0.25) is 4.79 Å². The Morgan fingerprint density at radius 1 is 1.31 bits per heavy atom. The molecule has 4 rings (SSSR count). The van der Waals surface area contributed by atoms with E-state index in [1.165, 1.54) is 11.6 Å². The van der Waals surface area contributed by atoms with Crippen LogP contribution in [0.5, 0.6) is 0 Å². The van der Waals surface area contributed by atoms with Crippen molar-refractivity contribution in [1.82, 2.24) is 4.98 Å². The Hall–Kier alpha value is -3.15. The van der Waals surface area contributed by atoms with Gasteiger partial charge in [0.2, 0.25) is 11.1 Å². The van der Waals surface area contributed by atoms with Gasteiger partial charge in [-0.15, -0.1) is 0 Å². The molecule has 1 atom stereocenters. The molecule has 0 spiro atoms. The molecule has 0 fully saturated rings. The first-order valence-electron chi connectivity index (χ1n) is 8.54. The lowest BCUT2D eigenvalue weighted by atomic mass is 9.87. The highest BCUT2D eigenvalue weighted by molar-refractivity contribution is 5.98. The molecule has 2 heterocycles. The summed E-state index contributed by atoms with van der Waals surface area (Å²) in [5.41, 5.74) is 7.83. The van der Waals surface area contributed by atoms with Crippen LogP contribution in [0.2, 0.25) is 0 Å². The average Bonchev–Trinajstić information content (AvgIpc) is 2.62. The Morgan fingerprint density at radius 3 is 2.81 bits per heavy atom. The topological polar surface area (TPSA) is 106 Å². The second-order valence-electron chi connectivity index (χ2n) is 6.83. The molecular weight excluding hydrogens is 332 g/mol. The number of aromatic nitrogens is 1. The van der Waals surface area contributed by atoms with Gasteiger partial charge >= 0.3 is 5.97 Å². The predicted molar refractivity (Wildman–Crippen MR) is 100 cm³/mol. The number of hydrogen-bond acceptors (Lipinski definition) is 5. The lowest BCUT2D eigenvalue weighted by Gasteiger charge is -2.18. The first kappa shape index (κ1) is 16.3. The summed E-state index contributed by atoms with van der Waals surface area (Å²) in [6.45, 7) is 2.23. The predicted octanol–water partition coefficient (Wildman–Crippen LogP) is 3.83. The highest BCUT2D eigenvalue weighted by Gasteiger charge is 2.17. The van der Waals surface area contributed by atoms with Gasteiger partial charge in [-0.1, -0.05) is 19.1 Å². The molecule has 0 radical (unpaired) electrons. The molecular formula is C20H18N2O4. The number of nitrogens with zero attached hydrogens (tertiary/aromatic N) is 1. The quantitative estimate of drug-likeness (QED) is 0.680. The maximum Gasteiger partial charge on any atom is 0.339 e. The monoisotopic (exact) mass is 350 g/mol. The highest BCUT2D eigenvalue weighted by Crippen LogP contribution is 2.31. The second kappa shape index (κ2) is 5.98. The minimum atomic E-state index is -1.23. The molecule has 6 nitrogen and oxygen atoms in total. The van der Waals surface area contributed by atoms with Gasteiger partial charge in [0.25, 0.3) is 0 Å². The summed E-state index contributed by atoms with van der Waals surface area (Å²) < 4.78 is 5.70. The van der Waals surface area contributed by atoms with Gasteiger partial charge in [0.1, 0.15) is 17.0 Å². The highest BCUT2D eigenvalue weighted by atomic mass is 16.4. The van der Waals surface area contributed by atoms with Crippen molar-refractivity contribution in [2.45, 2.75) is 26.2 Å². The van der Waals surface area contributed by atoms with Gasteiger partial charge in [0.15, 0.2) is 0 Å². The number of carboxylic acid groups (broad SMARTS) is 1. The van der Waals surface area contributed by atoms with Gasteiger partial charge in [-0.25, -0.2) is 4.79 Å². The molecule has 26 heavy (non-hydrogen) atoms. The van der Waals surface area contributed by atoms with Crippen LogP contribution >= 0.6 is 0 Å². The molecule has 132 valence electrons. The minimum Gasteiger partial charge on any atom is -0.478 e. The number of carbonyl (C=O) groups is 1. The van der Waals surface area contributed by atoms with Crippen molar-refractivity contribution >= 4 is 39.4 Å². The summed E-state index contributed by atoms with van der Waals surface area (Å²) in [5.74, 6) is -0.726. The van der Waals surface area contributed by atoms with Gasteiger partial charge in [0.05, 0.1) is 10.8 Å². The van der Waals surface area contributed by atoms with Crippen LogP contribution in [0, 0.1) is 5.92 Å². The van der Waals surface area contributed by atoms with Crippen molar-refractivity contribution in [3.05, 3.63) is 51.7 Å². The van der Waals surface area contributed by atoms with Gasteiger partial charge in [-0.05, 0) is 54.5 Å². The second-order valence-corrected chi connectivity index (χ2v) is 6.83. The van der Waals surface area contributed by atoms with E-state index in [2.05, 4.69) is 18.0 Å². The molecule has 1 aromatic carbocycles. The molecule has 0 saturated carbocycles. The number of hydrogen-bond donors (Lipinski definition) is 2. The average molecular weight is 350 g/mol. The normalized spacial score (nSPS) is 17.4. The van der Waals surface area contributed by atoms with E-state index in [0.29, 0.717) is 16.9 Å². The Morgan fingerprint density at radius 2 is 2.12 bits per heavy atom. The number of pyridine rings is 1. The number of aromatic carboxylic acids is 1. The molecule has 2 aromatic heterocycles. The fourth-order valence-corrected chi connectivity index (χ4v) is 3.39. The van der Waals surface area contributed by atoms with E-state index in [0.717, 1.165) is 24.8 Å². The fourth-order valence-electron chi connectivity index (χ4n) is 3.39. The number of nitrogen functional groups attached to an aromatic ring is 1. The van der Waals surface area contributed by atoms with Crippen LogP contribution in [0.15, 0.2) is 39.6 Å². The zero-order chi connectivity index (χ0) is 18.4. The van der Waals surface area contributed by atoms with E-state index in [9.17, 15) is 14.7 Å². The molecule has 0 bridgehead atoms. The summed E-state index contributed by atoms with van der Waals surface area (Å²) in [5, 5.41) is 9.74. The number of rotatable bonds is 2. The number of allylic oxidation sites excluding steroid dienone is 2. The third-order valence-electron chi connectivity index (χ3n) is 4.97. The summed E-state index contributed by atoms with van der Waals surface area (Å²) in [6, 6.07) is 6.75. The Bertz CT molecular complexity index is 1140. The number of nitrogens with two attached hydrogens (primary N) is 1. The molecule has 3 aromatic rings. The van der Waals surface area contributed by atoms with Gasteiger partial charge in [0, 0.05) is 0 Å². The third-order valence-corrected chi connectivity index (χ3v) is 4.97. The Kier molecular flexibility index (Phi) is 3.76. The van der Waals surface area contributed by atoms with Crippen LogP contribution in [-0.4, -0.2) is 16.1 Å². The number of anilines is 1. The van der Waals surface area contributed by atoms with Crippen LogP contribution in [0.25, 0.3) is 27.6 Å². The molecule has 1 aliphatic carbocycles. The van der Waals surface area contributed by atoms with Crippen LogP contribution in [0.4, 0.5) is 5.82 Å². The maximum absolute atomic E-state index is 12.9. The van der Waals surface area contributed by atoms with Crippen molar-refractivity contribution in [2.75, 3.05) is 5.73 Å². The van der Waals surface area contributed by atoms with Crippen LogP contribution < -0.4 is 11.2 Å². The van der Waals surface area contributed by atoms with Crippen molar-refractivity contribution in [3.63, 3.8) is 0 Å². The zero-order valence-electron chi connectivity index (χ0n) is 14.3. The van der Waals surface area contributed by atoms with Crippen molar-refractivity contribution in [2.24, 2.45) is 5.92 Å². The number of benzene rings is 1. The van der Waals surface area contributed by atoms with E-state index in [-0.39, 0.29) is 27.9 Å². The first-order chi connectivity index (χ1) is 12.4. The van der Waals surface area contributed by atoms with Crippen molar-refractivity contribution in [3.8, 4) is 0 Å². The molecule has 1 aliphatic rings. The first-order valence-corrected chi connectivity index (χ1v) is 8.54. The minimum absolute atomic E-state index is 0.0449. The zero-order valence-corrected chi connectivity index (χ0v) is 14.3. The lowest BCUT2D eigenvalue weighted by Crippen LogP contribution is -2.10. The SMILES string of the molecule is CC1CC=C(c2ccc3oc4nc(N)c(C(=O)O)cc4c(=O)c3c2)CC1. The van der Waals surface area contributed by atoms with Gasteiger partial charge in [-0.2, -0.15) is 4.98 Å². The van der Waals surface area contributed by atoms with Crippen LogP contribution in [-0.2, 0) is 0 Å². The van der Waals surface area contributed by atoms with E-state index >= 15 is 0 Å². The van der Waals surface area contributed by atoms with E-state index < -0.39 is 5.97 Å². The van der Waals surface area contributed by atoms with E-state index in [1.54, 1.807) is 6.07 Å². The number of carboxylic acids is 1. The van der Waals surface area contributed by atoms with E-state index in [1.807, 2.05) is 12.1 Å². The summed E-state index contributed by atoms with van der Waals surface area (Å²) in [4.78, 5) is 28.1. The van der Waals surface area contributed by atoms with Crippen LogP contribution in [0.3, 0.4) is 0 Å². The molecule has 6 heteroatoms. The Labute approximate surface area is 149 Å². The largest absolute Gasteiger partial charge is 0.478 e. The smallest absolute Gasteiger partial charge is 0.339 e. The summed E-state index contributed by atoms with van der Waals surface area (Å²) in [6.07, 6.45) is 5.36. The van der Waals surface area contributed by atoms with Crippen molar-refractivity contribution < 1.29 is 14.3 Å². The summed E-state index contributed by atoms with van der Waals surface area (Å²) >= 11 is 0. The standard InChI is InChI=1S/C20H18N2O4/c1-10-2-4-11(5-3-10)12-6-7-16-13(8-12)17(23)14-9-15(20(24)25)18(21)22-19(14)26-16/h4,6-10H,2-3,5H2,1H3,(H2,21,22)(H,24,25). The molecule has 0 aliphatic heterocycles. The maximum atomic E-state index is 12.9. The fraction of sp³-hybridized carbons (Fsp3) is 0.250. The lowest BCUT2D eigenvalue weighted by molar-refractivity contribution is 0.0698. The molecule has 1 unspecified atom stereocenters. The van der Waals surface area contributed by atoms with Crippen LogP contribution in [0.1, 0.15) is 42.1 Å². The number of fused-ring (bicyclic) bond motifs is 2.